The van der Waals surface area contributed by atoms with Crippen molar-refractivity contribution in [3.8, 4) is 0 Å². The van der Waals surface area contributed by atoms with Crippen LogP contribution in [0.3, 0.4) is 0 Å². The van der Waals surface area contributed by atoms with Gasteiger partial charge in [0.2, 0.25) is 0 Å². The van der Waals surface area contributed by atoms with Crippen LogP contribution >= 0.6 is 12.4 Å². The summed E-state index contributed by atoms with van der Waals surface area (Å²) in [5, 5.41) is 5.59. The SMILES string of the molecule is Cc1ccc(C(=O)NCCCCN)cc1NC(=O)c1ccco1.Cl. The molecule has 0 unspecified atom stereocenters. The van der Waals surface area contributed by atoms with Crippen LogP contribution < -0.4 is 16.4 Å². The average Bonchev–Trinajstić information content (AvgIpc) is 3.08. The molecule has 4 N–H and O–H groups in total. The molecule has 0 fully saturated rings. The summed E-state index contributed by atoms with van der Waals surface area (Å²) in [5.41, 5.74) is 7.37. The van der Waals surface area contributed by atoms with E-state index in [9.17, 15) is 9.59 Å². The topological polar surface area (TPSA) is 97.4 Å². The minimum Gasteiger partial charge on any atom is -0.459 e. The summed E-state index contributed by atoms with van der Waals surface area (Å²) in [6, 6.07) is 8.42. The van der Waals surface area contributed by atoms with Crippen LogP contribution in [0.2, 0.25) is 0 Å². The smallest absolute Gasteiger partial charge is 0.291 e. The van der Waals surface area contributed by atoms with Gasteiger partial charge < -0.3 is 20.8 Å². The van der Waals surface area contributed by atoms with Gasteiger partial charge >= 0.3 is 0 Å². The molecule has 0 radical (unpaired) electrons. The van der Waals surface area contributed by atoms with Crippen LogP contribution in [-0.4, -0.2) is 24.9 Å². The van der Waals surface area contributed by atoms with Crippen LogP contribution in [0, 0.1) is 6.92 Å². The van der Waals surface area contributed by atoms with E-state index in [1.54, 1.807) is 30.3 Å². The number of nitrogens with one attached hydrogen (secondary N) is 2. The van der Waals surface area contributed by atoms with Crippen molar-refractivity contribution in [3.63, 3.8) is 0 Å². The fourth-order valence-corrected chi connectivity index (χ4v) is 2.06. The number of hydrogen-bond acceptors (Lipinski definition) is 4. The van der Waals surface area contributed by atoms with Gasteiger partial charge in [-0.3, -0.25) is 9.59 Å². The first-order chi connectivity index (χ1) is 11.1. The summed E-state index contributed by atoms with van der Waals surface area (Å²) in [6.07, 6.45) is 3.15. The Morgan fingerprint density at radius 3 is 2.62 bits per heavy atom. The molecule has 130 valence electrons. The number of benzene rings is 1. The first kappa shape index (κ1) is 19.7. The van der Waals surface area contributed by atoms with Crippen LogP contribution in [0.5, 0.6) is 0 Å². The molecule has 0 aliphatic heterocycles. The van der Waals surface area contributed by atoms with Crippen molar-refractivity contribution in [2.45, 2.75) is 19.8 Å². The third kappa shape index (κ3) is 5.40. The minimum atomic E-state index is -0.349. The normalized spacial score (nSPS) is 9.92. The van der Waals surface area contributed by atoms with Crippen LogP contribution in [-0.2, 0) is 0 Å². The molecule has 1 aromatic carbocycles. The average molecular weight is 352 g/mol. The van der Waals surface area contributed by atoms with Crippen molar-refractivity contribution in [1.82, 2.24) is 5.32 Å². The Bertz CT molecular complexity index is 672. The molecule has 2 aromatic rings. The van der Waals surface area contributed by atoms with Crippen molar-refractivity contribution >= 4 is 29.9 Å². The van der Waals surface area contributed by atoms with Gasteiger partial charge in [0, 0.05) is 17.8 Å². The van der Waals surface area contributed by atoms with Crippen molar-refractivity contribution in [2.24, 2.45) is 5.73 Å². The largest absolute Gasteiger partial charge is 0.459 e. The molecule has 2 rings (SSSR count). The second kappa shape index (κ2) is 9.75. The van der Waals surface area contributed by atoms with Crippen molar-refractivity contribution < 1.29 is 14.0 Å². The number of carbonyl (C=O) groups is 2. The van der Waals surface area contributed by atoms with Crippen LogP contribution in [0.1, 0.15) is 39.3 Å². The minimum absolute atomic E-state index is 0. The zero-order valence-electron chi connectivity index (χ0n) is 13.5. The summed E-state index contributed by atoms with van der Waals surface area (Å²) in [6.45, 7) is 3.06. The van der Waals surface area contributed by atoms with E-state index in [1.165, 1.54) is 6.26 Å². The number of amides is 2. The van der Waals surface area contributed by atoms with Crippen LogP contribution in [0.15, 0.2) is 41.0 Å². The Morgan fingerprint density at radius 1 is 1.17 bits per heavy atom. The summed E-state index contributed by atoms with van der Waals surface area (Å²) < 4.78 is 5.06. The van der Waals surface area contributed by atoms with Gasteiger partial charge in [0.05, 0.1) is 6.26 Å². The lowest BCUT2D eigenvalue weighted by atomic mass is 10.1. The highest BCUT2D eigenvalue weighted by atomic mass is 35.5. The van der Waals surface area contributed by atoms with Gasteiger partial charge in [-0.15, -0.1) is 12.4 Å². The molecule has 0 aliphatic carbocycles. The van der Waals surface area contributed by atoms with Crippen molar-refractivity contribution in [3.05, 3.63) is 53.5 Å². The van der Waals surface area contributed by atoms with Crippen LogP contribution in [0.25, 0.3) is 0 Å². The number of anilines is 1. The van der Waals surface area contributed by atoms with Gasteiger partial charge in [0.25, 0.3) is 11.8 Å². The molecule has 6 nitrogen and oxygen atoms in total. The molecular formula is C17H22ClN3O3. The second-order valence-electron chi connectivity index (χ2n) is 5.21. The number of rotatable bonds is 7. The van der Waals surface area contributed by atoms with E-state index in [0.717, 1.165) is 18.4 Å². The van der Waals surface area contributed by atoms with E-state index in [-0.39, 0.29) is 30.0 Å². The number of aryl methyl sites for hydroxylation is 1. The van der Waals surface area contributed by atoms with E-state index in [2.05, 4.69) is 10.6 Å². The van der Waals surface area contributed by atoms with E-state index in [0.29, 0.717) is 24.3 Å². The fraction of sp³-hybridized carbons (Fsp3) is 0.294. The van der Waals surface area contributed by atoms with Gasteiger partial charge in [-0.1, -0.05) is 6.07 Å². The third-order valence-corrected chi connectivity index (χ3v) is 3.41. The standard InChI is InChI=1S/C17H21N3O3.ClH/c1-12-6-7-13(16(21)19-9-3-2-8-18)11-14(12)20-17(22)15-5-4-10-23-15;/h4-7,10-11H,2-3,8-9,18H2,1H3,(H,19,21)(H,20,22);1H. The van der Waals surface area contributed by atoms with E-state index >= 15 is 0 Å². The first-order valence-corrected chi connectivity index (χ1v) is 7.55. The van der Waals surface area contributed by atoms with Crippen molar-refractivity contribution in [1.29, 1.82) is 0 Å². The zero-order chi connectivity index (χ0) is 16.7. The molecule has 0 aliphatic rings. The molecule has 0 atom stereocenters. The first-order valence-electron chi connectivity index (χ1n) is 7.55. The Balaban J connectivity index is 0.00000288. The molecule has 2 amide bonds. The Hall–Kier alpha value is -2.31. The Morgan fingerprint density at radius 2 is 1.96 bits per heavy atom. The van der Waals surface area contributed by atoms with Gasteiger partial charge in [-0.25, -0.2) is 0 Å². The molecule has 0 saturated heterocycles. The number of carbonyl (C=O) groups excluding carboxylic acids is 2. The van der Waals surface area contributed by atoms with Crippen LogP contribution in [0.4, 0.5) is 5.69 Å². The maximum atomic E-state index is 12.1. The molecule has 7 heteroatoms. The molecule has 1 aromatic heterocycles. The predicted octanol–water partition coefficient (Wildman–Crippen LogP) is 2.73. The summed E-state index contributed by atoms with van der Waals surface area (Å²) in [4.78, 5) is 24.1. The molecule has 0 saturated carbocycles. The zero-order valence-corrected chi connectivity index (χ0v) is 14.3. The number of furan rings is 1. The second-order valence-corrected chi connectivity index (χ2v) is 5.21. The monoisotopic (exact) mass is 351 g/mol. The Kier molecular flexibility index (Phi) is 8.01. The lowest BCUT2D eigenvalue weighted by Gasteiger charge is -2.10. The number of hydrogen-bond donors (Lipinski definition) is 3. The highest BCUT2D eigenvalue weighted by Gasteiger charge is 2.12. The predicted molar refractivity (Wildman–Crippen MR) is 95.7 cm³/mol. The van der Waals surface area contributed by atoms with Crippen molar-refractivity contribution in [2.75, 3.05) is 18.4 Å². The van der Waals surface area contributed by atoms with E-state index in [4.69, 9.17) is 10.2 Å². The van der Waals surface area contributed by atoms with Gasteiger partial charge in [0.1, 0.15) is 0 Å². The van der Waals surface area contributed by atoms with E-state index in [1.807, 2.05) is 6.92 Å². The maximum Gasteiger partial charge on any atom is 0.291 e. The summed E-state index contributed by atoms with van der Waals surface area (Å²) in [5.74, 6) is -0.296. The lowest BCUT2D eigenvalue weighted by molar-refractivity contribution is 0.0951. The molecular weight excluding hydrogens is 330 g/mol. The molecule has 0 spiro atoms. The molecule has 24 heavy (non-hydrogen) atoms. The lowest BCUT2D eigenvalue weighted by Crippen LogP contribution is -2.25. The van der Waals surface area contributed by atoms with Gasteiger partial charge in [0.15, 0.2) is 5.76 Å². The number of unbranched alkanes of at least 4 members (excludes halogenated alkanes) is 1. The fourth-order valence-electron chi connectivity index (χ4n) is 2.06. The Labute approximate surface area is 147 Å². The van der Waals surface area contributed by atoms with Gasteiger partial charge in [-0.2, -0.15) is 0 Å². The highest BCUT2D eigenvalue weighted by Crippen LogP contribution is 2.18. The quantitative estimate of drug-likeness (QED) is 0.668. The maximum absolute atomic E-state index is 12.1. The number of halogens is 1. The van der Waals surface area contributed by atoms with E-state index < -0.39 is 0 Å². The molecule has 0 bridgehead atoms. The van der Waals surface area contributed by atoms with Gasteiger partial charge in [-0.05, 0) is 56.1 Å². The highest BCUT2D eigenvalue weighted by molar-refractivity contribution is 6.03. The number of nitrogens with two attached hydrogens (primary N) is 1. The third-order valence-electron chi connectivity index (χ3n) is 3.41. The molecule has 1 heterocycles. The summed E-state index contributed by atoms with van der Waals surface area (Å²) in [7, 11) is 0. The summed E-state index contributed by atoms with van der Waals surface area (Å²) >= 11 is 0.